The molecule has 3 aromatic carbocycles. The van der Waals surface area contributed by atoms with Crippen molar-refractivity contribution in [1.29, 1.82) is 0 Å². The first kappa shape index (κ1) is 18.1. The molecule has 3 heteroatoms. The second kappa shape index (κ2) is 7.75. The summed E-state index contributed by atoms with van der Waals surface area (Å²) in [7, 11) is 0. The van der Waals surface area contributed by atoms with Crippen molar-refractivity contribution in [2.24, 2.45) is 5.73 Å². The van der Waals surface area contributed by atoms with E-state index in [-0.39, 0.29) is 0 Å². The summed E-state index contributed by atoms with van der Waals surface area (Å²) in [6.45, 7) is 2.63. The van der Waals surface area contributed by atoms with Crippen LogP contribution in [0.1, 0.15) is 30.2 Å². The summed E-state index contributed by atoms with van der Waals surface area (Å²) >= 11 is 0. The molecule has 1 aromatic heterocycles. The number of nitrogens with zero attached hydrogens (tertiary/aromatic N) is 1. The van der Waals surface area contributed by atoms with Crippen LogP contribution in [0.5, 0.6) is 0 Å². The van der Waals surface area contributed by atoms with Crippen LogP contribution in [-0.4, -0.2) is 4.57 Å². The molecule has 0 fully saturated rings. The topological polar surface area (TPSA) is 57.0 Å². The molecule has 0 amide bonds. The lowest BCUT2D eigenvalue weighted by molar-refractivity contribution is 0.928. The van der Waals surface area contributed by atoms with Gasteiger partial charge in [0.15, 0.2) is 0 Å². The molecule has 0 spiro atoms. The van der Waals surface area contributed by atoms with Crippen LogP contribution in [0.2, 0.25) is 0 Å². The maximum Gasteiger partial charge on any atom is 0.0539 e. The number of fused-ring (bicyclic) bond motifs is 1. The van der Waals surface area contributed by atoms with Gasteiger partial charge in [-0.2, -0.15) is 0 Å². The fourth-order valence-electron chi connectivity index (χ4n) is 3.84. The minimum Gasteiger partial charge on any atom is -0.399 e. The van der Waals surface area contributed by atoms with Crippen molar-refractivity contribution in [3.05, 3.63) is 95.7 Å². The van der Waals surface area contributed by atoms with Crippen LogP contribution in [0.25, 0.3) is 28.2 Å². The van der Waals surface area contributed by atoms with E-state index in [0.29, 0.717) is 6.54 Å². The molecule has 1 heterocycles. The summed E-state index contributed by atoms with van der Waals surface area (Å²) in [6.07, 6.45) is 3.22. The average molecular weight is 367 g/mol. The molecule has 0 aliphatic heterocycles. The third-order valence-electron chi connectivity index (χ3n) is 5.18. The van der Waals surface area contributed by atoms with E-state index in [1.807, 2.05) is 18.2 Å². The lowest BCUT2D eigenvalue weighted by Crippen LogP contribution is -2.06. The molecular formula is C25H25N3. The highest BCUT2D eigenvalue weighted by molar-refractivity contribution is 5.98. The normalized spacial score (nSPS) is 11.9. The SMILES string of the molecule is CC/C(=C/c1c(CN)n(-c2ccccc2)c2ccc(N)cc12)c1ccccc1. The second-order valence-corrected chi connectivity index (χ2v) is 6.90. The Labute approximate surface area is 165 Å². The zero-order chi connectivity index (χ0) is 19.5. The molecule has 4 aromatic rings. The Bertz CT molecular complexity index is 1120. The quantitative estimate of drug-likeness (QED) is 0.450. The zero-order valence-corrected chi connectivity index (χ0v) is 16.1. The van der Waals surface area contributed by atoms with E-state index >= 15 is 0 Å². The van der Waals surface area contributed by atoms with Gasteiger partial charge in [0.2, 0.25) is 0 Å². The van der Waals surface area contributed by atoms with Gasteiger partial charge in [0.05, 0.1) is 5.52 Å². The lowest BCUT2D eigenvalue weighted by atomic mass is 9.99. The number of hydrogen-bond donors (Lipinski definition) is 2. The Hall–Kier alpha value is -3.30. The molecule has 4 rings (SSSR count). The van der Waals surface area contributed by atoms with Crippen molar-refractivity contribution in [3.8, 4) is 5.69 Å². The van der Waals surface area contributed by atoms with Crippen molar-refractivity contribution in [2.75, 3.05) is 5.73 Å². The predicted octanol–water partition coefficient (Wildman–Crippen LogP) is 5.62. The standard InChI is InChI=1S/C25H25N3/c1-2-18(19-9-5-3-6-10-19)15-22-23-16-20(27)13-14-24(23)28(25(22)17-26)21-11-7-4-8-12-21/h3-16H,2,17,26-27H2,1H3/b18-15-. The highest BCUT2D eigenvalue weighted by Gasteiger charge is 2.17. The van der Waals surface area contributed by atoms with Gasteiger partial charge in [-0.15, -0.1) is 0 Å². The number of rotatable bonds is 5. The summed E-state index contributed by atoms with van der Waals surface area (Å²) in [6, 6.07) is 27.0. The van der Waals surface area contributed by atoms with Crippen molar-refractivity contribution >= 4 is 28.2 Å². The Morgan fingerprint density at radius 1 is 0.929 bits per heavy atom. The molecular weight excluding hydrogens is 342 g/mol. The summed E-state index contributed by atoms with van der Waals surface area (Å²) in [5.74, 6) is 0. The number of nitrogen functional groups attached to an aromatic ring is 1. The van der Waals surface area contributed by atoms with E-state index < -0.39 is 0 Å². The summed E-state index contributed by atoms with van der Waals surface area (Å²) in [5, 5.41) is 1.13. The van der Waals surface area contributed by atoms with E-state index in [1.54, 1.807) is 0 Å². The van der Waals surface area contributed by atoms with E-state index in [0.717, 1.165) is 40.0 Å². The van der Waals surface area contributed by atoms with Crippen LogP contribution in [0.3, 0.4) is 0 Å². The van der Waals surface area contributed by atoms with Gasteiger partial charge in [0.1, 0.15) is 0 Å². The first-order valence-electron chi connectivity index (χ1n) is 9.67. The van der Waals surface area contributed by atoms with Gasteiger partial charge in [-0.05, 0) is 54.0 Å². The number of nitrogens with two attached hydrogens (primary N) is 2. The van der Waals surface area contributed by atoms with Crippen LogP contribution >= 0.6 is 0 Å². The van der Waals surface area contributed by atoms with Gasteiger partial charge >= 0.3 is 0 Å². The van der Waals surface area contributed by atoms with Gasteiger partial charge in [0.25, 0.3) is 0 Å². The molecule has 3 nitrogen and oxygen atoms in total. The molecule has 0 unspecified atom stereocenters. The maximum atomic E-state index is 6.27. The van der Waals surface area contributed by atoms with Gasteiger partial charge in [0, 0.05) is 34.6 Å². The number of benzene rings is 3. The summed E-state index contributed by atoms with van der Waals surface area (Å²) in [5.41, 5.74) is 20.2. The molecule has 0 radical (unpaired) electrons. The first-order valence-corrected chi connectivity index (χ1v) is 9.67. The zero-order valence-electron chi connectivity index (χ0n) is 16.1. The van der Waals surface area contributed by atoms with Crippen LogP contribution in [0, 0.1) is 0 Å². The molecule has 0 bridgehead atoms. The molecule has 4 N–H and O–H groups in total. The molecule has 0 atom stereocenters. The largest absolute Gasteiger partial charge is 0.399 e. The van der Waals surface area contributed by atoms with Crippen molar-refractivity contribution in [3.63, 3.8) is 0 Å². The van der Waals surface area contributed by atoms with Gasteiger partial charge in [-0.25, -0.2) is 0 Å². The van der Waals surface area contributed by atoms with Gasteiger partial charge in [-0.1, -0.05) is 55.5 Å². The number of anilines is 1. The Kier molecular flexibility index (Phi) is 5.00. The molecule has 0 saturated heterocycles. The minimum atomic E-state index is 0.446. The Morgan fingerprint density at radius 3 is 2.25 bits per heavy atom. The summed E-state index contributed by atoms with van der Waals surface area (Å²) < 4.78 is 2.25. The number of allylic oxidation sites excluding steroid dienone is 1. The molecule has 28 heavy (non-hydrogen) atoms. The van der Waals surface area contributed by atoms with Crippen molar-refractivity contribution < 1.29 is 0 Å². The van der Waals surface area contributed by atoms with Gasteiger partial charge in [-0.3, -0.25) is 0 Å². The van der Waals surface area contributed by atoms with Crippen LogP contribution in [-0.2, 0) is 6.54 Å². The van der Waals surface area contributed by atoms with E-state index in [4.69, 9.17) is 11.5 Å². The van der Waals surface area contributed by atoms with Crippen molar-refractivity contribution in [1.82, 2.24) is 4.57 Å². The third kappa shape index (κ3) is 3.21. The third-order valence-corrected chi connectivity index (χ3v) is 5.18. The number of hydrogen-bond acceptors (Lipinski definition) is 2. The fraction of sp³-hybridized carbons (Fsp3) is 0.120. The molecule has 0 aliphatic rings. The fourth-order valence-corrected chi connectivity index (χ4v) is 3.84. The minimum absolute atomic E-state index is 0.446. The smallest absolute Gasteiger partial charge is 0.0539 e. The highest BCUT2D eigenvalue weighted by Crippen LogP contribution is 2.34. The predicted molar refractivity (Wildman–Crippen MR) is 120 cm³/mol. The van der Waals surface area contributed by atoms with E-state index in [1.165, 1.54) is 11.1 Å². The van der Waals surface area contributed by atoms with E-state index in [2.05, 4.69) is 78.2 Å². The summed E-state index contributed by atoms with van der Waals surface area (Å²) in [4.78, 5) is 0. The average Bonchev–Trinajstić information content (AvgIpc) is 3.05. The van der Waals surface area contributed by atoms with Crippen LogP contribution in [0.4, 0.5) is 5.69 Å². The number of aromatic nitrogens is 1. The second-order valence-electron chi connectivity index (χ2n) is 6.90. The Morgan fingerprint density at radius 2 is 1.61 bits per heavy atom. The first-order chi connectivity index (χ1) is 13.7. The monoisotopic (exact) mass is 367 g/mol. The van der Waals surface area contributed by atoms with Crippen molar-refractivity contribution in [2.45, 2.75) is 19.9 Å². The lowest BCUT2D eigenvalue weighted by Gasteiger charge is -2.11. The molecule has 140 valence electrons. The van der Waals surface area contributed by atoms with E-state index in [9.17, 15) is 0 Å². The highest BCUT2D eigenvalue weighted by atomic mass is 15.0. The number of para-hydroxylation sites is 1. The molecule has 0 aliphatic carbocycles. The molecule has 0 saturated carbocycles. The van der Waals surface area contributed by atoms with Crippen LogP contribution in [0.15, 0.2) is 78.9 Å². The van der Waals surface area contributed by atoms with Crippen LogP contribution < -0.4 is 11.5 Å². The Balaban J connectivity index is 2.03. The van der Waals surface area contributed by atoms with Gasteiger partial charge < -0.3 is 16.0 Å². The maximum absolute atomic E-state index is 6.27.